The molecule has 1 heterocycles. The van der Waals surface area contributed by atoms with Gasteiger partial charge in [-0.2, -0.15) is 0 Å². The number of benzene rings is 3. The van der Waals surface area contributed by atoms with E-state index in [0.29, 0.717) is 19.1 Å². The lowest BCUT2D eigenvalue weighted by Gasteiger charge is -2.55. The standard InChI is InChI=1S/C50H62FN3O8Si/c1-10-12-24-59-44-38-34(40(51)35(30-55)41(44)54(28-31-20-16-14-17-21-31)29-32-22-18-15-19-23-32)26-33-27-36-42(53(6)7)45-39(48(52-61-45)60-25-13-11-2)47(58)50(36,46(57)37(33)43(38)56)62-63(8,9)49(3,4)5/h14-23,30,33,36,42,56H,10-13,24-29H2,1-9H3/t33-,36-,42-,50-/m0/s1. The van der Waals surface area contributed by atoms with E-state index in [4.69, 9.17) is 18.4 Å². The first kappa shape index (κ1) is 45.9. The summed E-state index contributed by atoms with van der Waals surface area (Å²) in [7, 11) is 0.696. The van der Waals surface area contributed by atoms with Crippen LogP contribution in [0.1, 0.15) is 121 Å². The van der Waals surface area contributed by atoms with Crippen LogP contribution in [-0.4, -0.2) is 74.2 Å². The minimum atomic E-state index is -3.00. The second-order valence-electron chi connectivity index (χ2n) is 19.0. The van der Waals surface area contributed by atoms with Gasteiger partial charge < -0.3 is 28.4 Å². The summed E-state index contributed by atoms with van der Waals surface area (Å²) in [5, 5.41) is 16.7. The van der Waals surface area contributed by atoms with Gasteiger partial charge in [-0.25, -0.2) is 4.39 Å². The summed E-state index contributed by atoms with van der Waals surface area (Å²) in [6, 6.07) is 18.6. The molecule has 0 bridgehead atoms. The van der Waals surface area contributed by atoms with Crippen LogP contribution in [0.5, 0.6) is 11.6 Å². The van der Waals surface area contributed by atoms with Crippen molar-refractivity contribution in [3.05, 3.63) is 111 Å². The summed E-state index contributed by atoms with van der Waals surface area (Å²) in [5.74, 6) is -3.74. The van der Waals surface area contributed by atoms with Gasteiger partial charge in [-0.3, -0.25) is 19.3 Å². The number of fused-ring (bicyclic) bond motifs is 4. The monoisotopic (exact) mass is 879 g/mol. The topological polar surface area (TPSA) is 132 Å². The number of hydrogen-bond donors (Lipinski definition) is 1. The van der Waals surface area contributed by atoms with E-state index < -0.39 is 60.0 Å². The number of aldehydes is 1. The highest BCUT2D eigenvalue weighted by Gasteiger charge is 2.69. The van der Waals surface area contributed by atoms with Gasteiger partial charge in [0.05, 0.1) is 36.1 Å². The molecule has 3 aromatic carbocycles. The zero-order valence-electron chi connectivity index (χ0n) is 38.2. The van der Waals surface area contributed by atoms with Crippen LogP contribution in [0, 0.1) is 17.7 Å². The molecular formula is C50H62FN3O8Si. The first-order chi connectivity index (χ1) is 30.0. The van der Waals surface area contributed by atoms with Gasteiger partial charge in [0.2, 0.25) is 11.6 Å². The molecule has 1 aromatic heterocycles. The number of Topliss-reactive ketones (excluding diaryl/α,β-unsaturated/α-hetero) is 2. The van der Waals surface area contributed by atoms with Crippen molar-refractivity contribution in [1.82, 2.24) is 10.1 Å². The third-order valence-electron chi connectivity index (χ3n) is 13.5. The minimum absolute atomic E-state index is 0.00529. The van der Waals surface area contributed by atoms with E-state index in [2.05, 4.69) is 5.16 Å². The van der Waals surface area contributed by atoms with E-state index in [9.17, 15) is 9.90 Å². The van der Waals surface area contributed by atoms with Crippen molar-refractivity contribution in [3.8, 4) is 11.6 Å². The predicted octanol–water partition coefficient (Wildman–Crippen LogP) is 10.5. The van der Waals surface area contributed by atoms with Gasteiger partial charge in [0.15, 0.2) is 31.7 Å². The number of carbonyl (C=O) groups excluding carboxylic acids is 3. The molecule has 0 unspecified atom stereocenters. The Hall–Kier alpha value is -5.11. The first-order valence-corrected chi connectivity index (χ1v) is 25.2. The lowest BCUT2D eigenvalue weighted by atomic mass is 9.57. The van der Waals surface area contributed by atoms with Crippen LogP contribution in [0.4, 0.5) is 10.1 Å². The number of halogens is 1. The summed E-state index contributed by atoms with van der Waals surface area (Å²) in [5.41, 5.74) is -0.183. The van der Waals surface area contributed by atoms with E-state index in [1.807, 2.05) is 132 Å². The van der Waals surface area contributed by atoms with Crippen molar-refractivity contribution < 1.29 is 42.3 Å². The average molecular weight is 880 g/mol. The molecule has 13 heteroatoms. The highest BCUT2D eigenvalue weighted by atomic mass is 28.4. The van der Waals surface area contributed by atoms with Crippen LogP contribution in [0.25, 0.3) is 5.76 Å². The number of aliphatic hydroxyl groups excluding tert-OH is 1. The molecule has 1 fully saturated rings. The SMILES string of the molecule is CCCCOc1noc2c1C(=O)[C@@]1(O[Si](C)(C)C(C)(C)C)C(=O)C3=C(O)c4c(c(F)c(C=O)c(N(Cc5ccccc5)Cc5ccccc5)c4OCCCC)C[C@H]3C[C@H]1[C@@H]2N(C)C. The number of hydrogen-bond acceptors (Lipinski definition) is 11. The molecule has 0 radical (unpaired) electrons. The molecule has 63 heavy (non-hydrogen) atoms. The molecule has 0 saturated heterocycles. The number of rotatable bonds is 17. The smallest absolute Gasteiger partial charge is 0.265 e. The molecule has 4 atom stereocenters. The molecule has 1 N–H and O–H groups in total. The zero-order valence-corrected chi connectivity index (χ0v) is 39.2. The van der Waals surface area contributed by atoms with Crippen molar-refractivity contribution in [2.45, 2.75) is 116 Å². The average Bonchev–Trinajstić information content (AvgIpc) is 3.66. The molecule has 3 aliphatic rings. The van der Waals surface area contributed by atoms with Crippen molar-refractivity contribution in [3.63, 3.8) is 0 Å². The number of ketones is 2. The van der Waals surface area contributed by atoms with Gasteiger partial charge in [-0.1, -0.05) is 108 Å². The van der Waals surface area contributed by atoms with Crippen molar-refractivity contribution >= 4 is 37.6 Å². The number of nitrogens with zero attached hydrogens (tertiary/aromatic N) is 3. The second kappa shape index (κ2) is 18.2. The molecule has 3 aliphatic carbocycles. The number of aliphatic hydroxyl groups is 1. The van der Waals surface area contributed by atoms with Crippen LogP contribution >= 0.6 is 0 Å². The Kier molecular flexibility index (Phi) is 13.2. The van der Waals surface area contributed by atoms with Crippen LogP contribution in [0.3, 0.4) is 0 Å². The van der Waals surface area contributed by atoms with Gasteiger partial charge in [-0.15, -0.1) is 0 Å². The Morgan fingerprint density at radius 1 is 0.921 bits per heavy atom. The number of aromatic nitrogens is 1. The molecule has 0 amide bonds. The fourth-order valence-electron chi connectivity index (χ4n) is 9.33. The first-order valence-electron chi connectivity index (χ1n) is 22.3. The molecule has 7 rings (SSSR count). The summed E-state index contributed by atoms with van der Waals surface area (Å²) < 4.78 is 43.5. The summed E-state index contributed by atoms with van der Waals surface area (Å²) >= 11 is 0. The van der Waals surface area contributed by atoms with Crippen molar-refractivity contribution in [1.29, 1.82) is 0 Å². The Morgan fingerprint density at radius 2 is 1.51 bits per heavy atom. The van der Waals surface area contributed by atoms with Gasteiger partial charge in [0.25, 0.3) is 5.88 Å². The van der Waals surface area contributed by atoms with E-state index in [-0.39, 0.29) is 90.0 Å². The Labute approximate surface area is 371 Å². The van der Waals surface area contributed by atoms with E-state index in [1.54, 1.807) is 0 Å². The maximum atomic E-state index is 17.6. The van der Waals surface area contributed by atoms with Crippen molar-refractivity contribution in [2.24, 2.45) is 11.8 Å². The maximum absolute atomic E-state index is 17.6. The number of ether oxygens (including phenoxy) is 2. The number of anilines is 1. The molecule has 0 spiro atoms. The van der Waals surface area contributed by atoms with Crippen molar-refractivity contribution in [2.75, 3.05) is 32.2 Å². The third kappa shape index (κ3) is 8.16. The molecule has 11 nitrogen and oxygen atoms in total. The van der Waals surface area contributed by atoms with Gasteiger partial charge in [0, 0.05) is 30.1 Å². The largest absolute Gasteiger partial charge is 0.507 e. The van der Waals surface area contributed by atoms with Gasteiger partial charge in [-0.05, 0) is 80.1 Å². The maximum Gasteiger partial charge on any atom is 0.265 e. The lowest BCUT2D eigenvalue weighted by Crippen LogP contribution is -2.68. The Morgan fingerprint density at radius 3 is 2.05 bits per heavy atom. The second-order valence-corrected chi connectivity index (χ2v) is 23.7. The zero-order chi connectivity index (χ0) is 45.4. The highest BCUT2D eigenvalue weighted by molar-refractivity contribution is 6.74. The summed E-state index contributed by atoms with van der Waals surface area (Å²) in [6.45, 7) is 15.2. The third-order valence-corrected chi connectivity index (χ3v) is 18.0. The van der Waals surface area contributed by atoms with Crippen LogP contribution in [0.2, 0.25) is 18.1 Å². The fraction of sp³-hybridized carbons (Fsp3) is 0.480. The van der Waals surface area contributed by atoms with E-state index in [0.717, 1.165) is 24.0 Å². The highest BCUT2D eigenvalue weighted by Crippen LogP contribution is 2.60. The van der Waals surface area contributed by atoms with Crippen LogP contribution in [-0.2, 0) is 28.7 Å². The Bertz CT molecular complexity index is 2330. The number of carbonyl (C=O) groups is 3. The Balaban J connectivity index is 1.50. The molecule has 0 aliphatic heterocycles. The minimum Gasteiger partial charge on any atom is -0.507 e. The van der Waals surface area contributed by atoms with Gasteiger partial charge >= 0.3 is 0 Å². The summed E-state index contributed by atoms with van der Waals surface area (Å²) in [6.07, 6.45) is 3.61. The van der Waals surface area contributed by atoms with Gasteiger partial charge in [0.1, 0.15) is 17.1 Å². The molecule has 4 aromatic rings. The number of unbranched alkanes of at least 4 members (excludes halogenated alkanes) is 2. The predicted molar refractivity (Wildman–Crippen MR) is 243 cm³/mol. The van der Waals surface area contributed by atoms with E-state index in [1.165, 1.54) is 0 Å². The lowest BCUT2D eigenvalue weighted by molar-refractivity contribution is -0.140. The quantitative estimate of drug-likeness (QED) is 0.0470. The fourth-order valence-corrected chi connectivity index (χ4v) is 10.8. The van der Waals surface area contributed by atoms with Crippen LogP contribution < -0.4 is 14.4 Å². The summed E-state index contributed by atoms with van der Waals surface area (Å²) in [4.78, 5) is 48.8. The molecule has 1 saturated carbocycles. The normalized spacial score (nSPS) is 20.8. The van der Waals surface area contributed by atoms with E-state index >= 15 is 14.0 Å². The molecule has 336 valence electrons. The molecular weight excluding hydrogens is 818 g/mol. The van der Waals surface area contributed by atoms with Crippen LogP contribution in [0.15, 0.2) is 70.8 Å².